The second-order valence-corrected chi connectivity index (χ2v) is 9.16. The molecule has 4 aromatic carbocycles. The van der Waals surface area contributed by atoms with Crippen molar-refractivity contribution >= 4 is 31.4 Å². The van der Waals surface area contributed by atoms with Crippen LogP contribution in [0.15, 0.2) is 82.6 Å². The summed E-state index contributed by atoms with van der Waals surface area (Å²) < 4.78 is 26.9. The first-order chi connectivity index (χ1) is 13.2. The van der Waals surface area contributed by atoms with Crippen LogP contribution in [0.25, 0.3) is 21.5 Å². The van der Waals surface area contributed by atoms with Gasteiger partial charge in [-0.3, -0.25) is 0 Å². The number of benzene rings is 4. The molecule has 0 fully saturated rings. The quantitative estimate of drug-likeness (QED) is 0.423. The highest BCUT2D eigenvalue weighted by molar-refractivity contribution is 7.91. The van der Waals surface area contributed by atoms with Gasteiger partial charge in [0.15, 0.2) is 0 Å². The lowest BCUT2D eigenvalue weighted by Crippen LogP contribution is -2.06. The molecule has 0 N–H and O–H groups in total. The third-order valence-electron chi connectivity index (χ3n) is 5.68. The zero-order chi connectivity index (χ0) is 18.4. The summed E-state index contributed by atoms with van der Waals surface area (Å²) in [6.45, 7) is 0. The van der Waals surface area contributed by atoms with Gasteiger partial charge in [-0.05, 0) is 71.2 Å². The zero-order valence-corrected chi connectivity index (χ0v) is 15.8. The van der Waals surface area contributed by atoms with Gasteiger partial charge in [0.25, 0.3) is 0 Å². The predicted octanol–water partition coefficient (Wildman–Crippen LogP) is 5.70. The summed E-state index contributed by atoms with van der Waals surface area (Å²) in [5.41, 5.74) is 2.70. The van der Waals surface area contributed by atoms with E-state index >= 15 is 0 Å². The van der Waals surface area contributed by atoms with Crippen LogP contribution >= 0.6 is 0 Å². The van der Waals surface area contributed by atoms with Crippen LogP contribution < -0.4 is 0 Å². The SMILES string of the molecule is O=S(=O)(c1ccccc1)c1cc2c3c(ccc2c2ccccc12)CCCC3. The molecule has 134 valence electrons. The maximum absolute atomic E-state index is 13.5. The second kappa shape index (κ2) is 6.21. The van der Waals surface area contributed by atoms with Gasteiger partial charge >= 0.3 is 0 Å². The Labute approximate surface area is 159 Å². The summed E-state index contributed by atoms with van der Waals surface area (Å²) in [6.07, 6.45) is 4.48. The topological polar surface area (TPSA) is 34.1 Å². The monoisotopic (exact) mass is 372 g/mol. The van der Waals surface area contributed by atoms with Gasteiger partial charge in [-0.15, -0.1) is 0 Å². The smallest absolute Gasteiger partial charge is 0.207 e. The average Bonchev–Trinajstić information content (AvgIpc) is 2.73. The van der Waals surface area contributed by atoms with Crippen LogP contribution in [0.2, 0.25) is 0 Å². The highest BCUT2D eigenvalue weighted by Gasteiger charge is 2.23. The summed E-state index contributed by atoms with van der Waals surface area (Å²) in [5.74, 6) is 0. The van der Waals surface area contributed by atoms with Crippen LogP contribution in [0.5, 0.6) is 0 Å². The first-order valence-electron chi connectivity index (χ1n) is 9.42. The molecule has 27 heavy (non-hydrogen) atoms. The largest absolute Gasteiger partial charge is 0.218 e. The Morgan fingerprint density at radius 3 is 2.11 bits per heavy atom. The minimum atomic E-state index is -3.58. The molecule has 1 aliphatic rings. The van der Waals surface area contributed by atoms with E-state index in [0.717, 1.165) is 34.4 Å². The Morgan fingerprint density at radius 2 is 1.30 bits per heavy atom. The molecule has 1 aliphatic carbocycles. The minimum Gasteiger partial charge on any atom is -0.218 e. The van der Waals surface area contributed by atoms with Gasteiger partial charge in [-0.1, -0.05) is 54.6 Å². The normalized spacial score (nSPS) is 14.4. The standard InChI is InChI=1S/C24H20O2S/c25-27(26,18-9-2-1-3-10-18)24-16-23-19-11-5-4-8-17(19)14-15-21(23)20-12-6-7-13-22(20)24/h1-3,6-7,9-10,12-16H,4-5,8,11H2. The van der Waals surface area contributed by atoms with Crippen molar-refractivity contribution in [3.8, 4) is 0 Å². The van der Waals surface area contributed by atoms with Crippen LogP contribution in [0.1, 0.15) is 24.0 Å². The van der Waals surface area contributed by atoms with Crippen LogP contribution in [0.4, 0.5) is 0 Å². The van der Waals surface area contributed by atoms with Gasteiger partial charge in [0, 0.05) is 5.39 Å². The molecule has 0 heterocycles. The Balaban J connectivity index is 1.91. The van der Waals surface area contributed by atoms with Crippen molar-refractivity contribution in [1.29, 1.82) is 0 Å². The van der Waals surface area contributed by atoms with E-state index in [1.165, 1.54) is 24.0 Å². The van der Waals surface area contributed by atoms with Gasteiger partial charge in [-0.25, -0.2) is 8.42 Å². The highest BCUT2D eigenvalue weighted by Crippen LogP contribution is 2.38. The first-order valence-corrected chi connectivity index (χ1v) is 10.9. The van der Waals surface area contributed by atoms with Crippen LogP contribution in [-0.2, 0) is 22.7 Å². The molecule has 0 saturated heterocycles. The third-order valence-corrected chi connectivity index (χ3v) is 7.49. The molecular formula is C24H20O2S. The van der Waals surface area contributed by atoms with E-state index in [1.807, 2.05) is 36.4 Å². The molecule has 0 amide bonds. The van der Waals surface area contributed by atoms with Crippen molar-refractivity contribution in [3.63, 3.8) is 0 Å². The second-order valence-electron chi connectivity index (χ2n) is 7.24. The van der Waals surface area contributed by atoms with E-state index in [9.17, 15) is 8.42 Å². The van der Waals surface area contributed by atoms with Crippen LogP contribution in [0, 0.1) is 0 Å². The Bertz CT molecular complexity index is 1270. The van der Waals surface area contributed by atoms with Gasteiger partial charge in [0.2, 0.25) is 9.84 Å². The van der Waals surface area contributed by atoms with E-state index in [0.29, 0.717) is 9.79 Å². The lowest BCUT2D eigenvalue weighted by atomic mass is 9.86. The van der Waals surface area contributed by atoms with Crippen molar-refractivity contribution in [2.75, 3.05) is 0 Å². The van der Waals surface area contributed by atoms with E-state index in [2.05, 4.69) is 12.1 Å². The van der Waals surface area contributed by atoms with Gasteiger partial charge < -0.3 is 0 Å². The van der Waals surface area contributed by atoms with Gasteiger partial charge in [0.1, 0.15) is 0 Å². The number of aryl methyl sites for hydroxylation is 2. The Morgan fingerprint density at radius 1 is 0.630 bits per heavy atom. The van der Waals surface area contributed by atoms with Crippen molar-refractivity contribution in [3.05, 3.63) is 83.9 Å². The molecule has 0 saturated carbocycles. The van der Waals surface area contributed by atoms with E-state index in [1.54, 1.807) is 24.3 Å². The molecule has 4 aromatic rings. The van der Waals surface area contributed by atoms with Crippen molar-refractivity contribution < 1.29 is 8.42 Å². The molecule has 0 aliphatic heterocycles. The molecule has 5 rings (SSSR count). The third kappa shape index (κ3) is 2.57. The van der Waals surface area contributed by atoms with Crippen molar-refractivity contribution in [2.24, 2.45) is 0 Å². The summed E-state index contributed by atoms with van der Waals surface area (Å²) in [6, 6.07) is 22.9. The fourth-order valence-corrected chi connectivity index (χ4v) is 5.86. The minimum absolute atomic E-state index is 0.347. The molecule has 0 radical (unpaired) electrons. The Hall–Kier alpha value is -2.65. The van der Waals surface area contributed by atoms with Gasteiger partial charge in [-0.2, -0.15) is 0 Å². The lowest BCUT2D eigenvalue weighted by Gasteiger charge is -2.20. The van der Waals surface area contributed by atoms with E-state index in [-0.39, 0.29) is 0 Å². The van der Waals surface area contributed by atoms with Crippen molar-refractivity contribution in [2.45, 2.75) is 35.5 Å². The molecule has 0 aromatic heterocycles. The maximum atomic E-state index is 13.5. The number of sulfone groups is 1. The lowest BCUT2D eigenvalue weighted by molar-refractivity contribution is 0.597. The van der Waals surface area contributed by atoms with Crippen LogP contribution in [0.3, 0.4) is 0 Å². The predicted molar refractivity (Wildman–Crippen MR) is 110 cm³/mol. The first kappa shape index (κ1) is 16.5. The molecule has 0 atom stereocenters. The molecule has 0 spiro atoms. The molecular weight excluding hydrogens is 352 g/mol. The summed E-state index contributed by atoms with van der Waals surface area (Å²) in [5, 5.41) is 4.06. The molecule has 0 unspecified atom stereocenters. The number of rotatable bonds is 2. The van der Waals surface area contributed by atoms with Crippen LogP contribution in [-0.4, -0.2) is 8.42 Å². The summed E-state index contributed by atoms with van der Waals surface area (Å²) >= 11 is 0. The fraction of sp³-hybridized carbons (Fsp3) is 0.167. The average molecular weight is 372 g/mol. The maximum Gasteiger partial charge on any atom is 0.207 e. The van der Waals surface area contributed by atoms with E-state index < -0.39 is 9.84 Å². The zero-order valence-electron chi connectivity index (χ0n) is 15.0. The number of hydrogen-bond donors (Lipinski definition) is 0. The molecule has 3 heteroatoms. The molecule has 2 nitrogen and oxygen atoms in total. The summed E-state index contributed by atoms with van der Waals surface area (Å²) in [4.78, 5) is 0.759. The van der Waals surface area contributed by atoms with Crippen molar-refractivity contribution in [1.82, 2.24) is 0 Å². The van der Waals surface area contributed by atoms with Gasteiger partial charge in [0.05, 0.1) is 9.79 Å². The highest BCUT2D eigenvalue weighted by atomic mass is 32.2. The fourth-order valence-electron chi connectivity index (χ4n) is 4.35. The number of hydrogen-bond acceptors (Lipinski definition) is 2. The Kier molecular flexibility index (Phi) is 3.80. The summed E-state index contributed by atoms with van der Waals surface area (Å²) in [7, 11) is -3.58. The van der Waals surface area contributed by atoms with E-state index in [4.69, 9.17) is 0 Å². The molecule has 0 bridgehead atoms. The number of fused-ring (bicyclic) bond motifs is 5.